The highest BCUT2D eigenvalue weighted by molar-refractivity contribution is 7.80. The number of amides is 5. The van der Waals surface area contributed by atoms with Crippen LogP contribution in [0.15, 0.2) is 6.20 Å². The van der Waals surface area contributed by atoms with E-state index in [1.165, 1.54) is 6.20 Å². The quantitative estimate of drug-likeness (QED) is 0.303. The summed E-state index contributed by atoms with van der Waals surface area (Å²) in [7, 11) is -5.04. The van der Waals surface area contributed by atoms with Gasteiger partial charge in [0, 0.05) is 18.3 Å². The van der Waals surface area contributed by atoms with Gasteiger partial charge in [0.2, 0.25) is 5.91 Å². The second-order valence-electron chi connectivity index (χ2n) is 6.02. The van der Waals surface area contributed by atoms with E-state index in [9.17, 15) is 27.6 Å². The second-order valence-corrected chi connectivity index (χ2v) is 7.02. The van der Waals surface area contributed by atoms with E-state index in [-0.39, 0.29) is 24.3 Å². The number of carboxylic acid groups (broad SMARTS) is 1. The molecule has 1 saturated heterocycles. The maximum Gasteiger partial charge on any atom is 0.418 e. The van der Waals surface area contributed by atoms with E-state index in [4.69, 9.17) is 15.4 Å². The van der Waals surface area contributed by atoms with Crippen LogP contribution < -0.4 is 16.4 Å². The Balaban J connectivity index is 1.97. The summed E-state index contributed by atoms with van der Waals surface area (Å²) in [6.07, 6.45) is -0.217. The Morgan fingerprint density at radius 1 is 1.34 bits per heavy atom. The van der Waals surface area contributed by atoms with Gasteiger partial charge in [0.25, 0.3) is 0 Å². The van der Waals surface area contributed by atoms with Crippen LogP contribution in [0.3, 0.4) is 0 Å². The Hall–Kier alpha value is -3.44. The molecule has 5 amide bonds. The lowest BCUT2D eigenvalue weighted by Crippen LogP contribution is -2.41. The van der Waals surface area contributed by atoms with Gasteiger partial charge in [0.15, 0.2) is 0 Å². The number of carbonyl (C=O) groups is 4. The summed E-state index contributed by atoms with van der Waals surface area (Å²) in [6.45, 7) is -0.915. The summed E-state index contributed by atoms with van der Waals surface area (Å²) >= 11 is 0. The molecule has 2 bridgehead atoms. The third-order valence-corrected chi connectivity index (χ3v) is 4.50. The molecule has 0 aliphatic carbocycles. The van der Waals surface area contributed by atoms with Crippen molar-refractivity contribution in [1.29, 1.82) is 0 Å². The van der Waals surface area contributed by atoms with E-state index >= 15 is 0 Å². The molecule has 158 valence electrons. The largest absolute Gasteiger partial charge is 0.465 e. The van der Waals surface area contributed by atoms with Crippen molar-refractivity contribution in [3.05, 3.63) is 17.5 Å². The third kappa shape index (κ3) is 4.05. The van der Waals surface area contributed by atoms with Gasteiger partial charge in [0.1, 0.15) is 6.04 Å². The number of primary amides is 1. The van der Waals surface area contributed by atoms with Gasteiger partial charge in [0.05, 0.1) is 24.8 Å². The van der Waals surface area contributed by atoms with Crippen molar-refractivity contribution in [3.8, 4) is 0 Å². The topological polar surface area (TPSA) is 226 Å². The predicted molar refractivity (Wildman–Crippen MR) is 88.3 cm³/mol. The molecule has 16 nitrogen and oxygen atoms in total. The predicted octanol–water partition coefficient (Wildman–Crippen LogP) is -2.24. The molecule has 1 aromatic rings. The van der Waals surface area contributed by atoms with E-state index in [1.807, 2.05) is 0 Å². The SMILES string of the molecule is NC(=O)CNC(=O)n1cc2c(n1)C(CNC(=O)O)N1CC2N(OS(=O)(=O)O)C1=O. The van der Waals surface area contributed by atoms with Gasteiger partial charge < -0.3 is 26.4 Å². The van der Waals surface area contributed by atoms with Crippen molar-refractivity contribution >= 4 is 34.5 Å². The fourth-order valence-corrected chi connectivity index (χ4v) is 3.44. The maximum atomic E-state index is 12.5. The number of fused-ring (bicyclic) bond motifs is 4. The van der Waals surface area contributed by atoms with Crippen molar-refractivity contribution in [2.45, 2.75) is 12.1 Å². The van der Waals surface area contributed by atoms with Crippen LogP contribution in [-0.2, 0) is 19.5 Å². The molecule has 3 rings (SSSR count). The highest BCUT2D eigenvalue weighted by Crippen LogP contribution is 2.43. The van der Waals surface area contributed by atoms with Gasteiger partial charge in [-0.1, -0.05) is 0 Å². The van der Waals surface area contributed by atoms with E-state index in [1.54, 1.807) is 0 Å². The Labute approximate surface area is 162 Å². The van der Waals surface area contributed by atoms with Crippen molar-refractivity contribution in [2.75, 3.05) is 19.6 Å². The zero-order chi connectivity index (χ0) is 21.5. The van der Waals surface area contributed by atoms with Gasteiger partial charge in [-0.25, -0.2) is 14.4 Å². The van der Waals surface area contributed by atoms with Crippen LogP contribution in [0, 0.1) is 0 Å². The van der Waals surface area contributed by atoms with Crippen LogP contribution in [0.2, 0.25) is 0 Å². The number of hydrogen-bond acceptors (Lipinski definition) is 8. The first-order chi connectivity index (χ1) is 13.5. The van der Waals surface area contributed by atoms with Crippen LogP contribution in [0.1, 0.15) is 23.3 Å². The molecule has 2 unspecified atom stereocenters. The molecule has 0 saturated carbocycles. The first kappa shape index (κ1) is 20.3. The summed E-state index contributed by atoms with van der Waals surface area (Å²) in [4.78, 5) is 47.4. The molecule has 2 atom stereocenters. The molecule has 2 aliphatic rings. The Morgan fingerprint density at radius 3 is 2.62 bits per heavy atom. The number of carbonyl (C=O) groups excluding carboxylic acids is 3. The Kier molecular flexibility index (Phi) is 5.03. The van der Waals surface area contributed by atoms with Gasteiger partial charge in [-0.15, -0.1) is 4.28 Å². The molecule has 0 spiro atoms. The first-order valence-electron chi connectivity index (χ1n) is 7.87. The molecular weight excluding hydrogens is 418 g/mol. The number of aromatic nitrogens is 2. The Bertz CT molecular complexity index is 990. The normalized spacial score (nSPS) is 20.4. The summed E-state index contributed by atoms with van der Waals surface area (Å²) in [5.74, 6) is -0.803. The van der Waals surface area contributed by atoms with E-state index in [0.29, 0.717) is 5.06 Å². The van der Waals surface area contributed by atoms with Crippen LogP contribution >= 0.6 is 0 Å². The summed E-state index contributed by atoms with van der Waals surface area (Å²) < 4.78 is 36.3. The van der Waals surface area contributed by atoms with Crippen LogP contribution in [0.5, 0.6) is 0 Å². The number of hydrogen-bond donors (Lipinski definition) is 5. The van der Waals surface area contributed by atoms with Gasteiger partial charge in [-0.2, -0.15) is 23.3 Å². The van der Waals surface area contributed by atoms with Crippen LogP contribution in [0.4, 0.5) is 14.4 Å². The average Bonchev–Trinajstić information content (AvgIpc) is 3.15. The molecule has 6 N–H and O–H groups in total. The molecule has 29 heavy (non-hydrogen) atoms. The molecular formula is C12H15N7O9S. The lowest BCUT2D eigenvalue weighted by molar-refractivity contribution is -0.117. The average molecular weight is 433 g/mol. The fraction of sp³-hybridized carbons (Fsp3) is 0.417. The minimum absolute atomic E-state index is 0.0963. The maximum absolute atomic E-state index is 12.5. The number of nitrogens with zero attached hydrogens (tertiary/aromatic N) is 4. The van der Waals surface area contributed by atoms with E-state index in [2.05, 4.69) is 20.0 Å². The molecule has 0 radical (unpaired) electrons. The highest BCUT2D eigenvalue weighted by Gasteiger charge is 2.51. The van der Waals surface area contributed by atoms with Crippen molar-refractivity contribution in [2.24, 2.45) is 5.73 Å². The van der Waals surface area contributed by atoms with Crippen molar-refractivity contribution in [1.82, 2.24) is 30.4 Å². The monoisotopic (exact) mass is 433 g/mol. The lowest BCUT2D eigenvalue weighted by Gasteiger charge is -2.29. The highest BCUT2D eigenvalue weighted by atomic mass is 32.3. The molecule has 1 fully saturated rings. The van der Waals surface area contributed by atoms with Crippen LogP contribution in [0.25, 0.3) is 0 Å². The number of nitrogens with two attached hydrogens (primary N) is 1. The van der Waals surface area contributed by atoms with E-state index < -0.39 is 53.1 Å². The summed E-state index contributed by atoms with van der Waals surface area (Å²) in [5.41, 5.74) is 5.23. The van der Waals surface area contributed by atoms with Crippen LogP contribution in [-0.4, -0.2) is 81.5 Å². The molecule has 17 heteroatoms. The third-order valence-electron chi connectivity index (χ3n) is 4.15. The number of urea groups is 1. The van der Waals surface area contributed by atoms with Crippen molar-refractivity contribution < 1.29 is 41.5 Å². The lowest BCUT2D eigenvalue weighted by atomic mass is 9.98. The number of hydroxylamine groups is 2. The smallest absolute Gasteiger partial charge is 0.418 e. The van der Waals surface area contributed by atoms with Crippen molar-refractivity contribution in [3.63, 3.8) is 0 Å². The molecule has 0 aromatic carbocycles. The molecule has 2 aliphatic heterocycles. The summed E-state index contributed by atoms with van der Waals surface area (Å²) in [5, 5.41) is 17.5. The van der Waals surface area contributed by atoms with Gasteiger partial charge >= 0.3 is 28.6 Å². The minimum Gasteiger partial charge on any atom is -0.465 e. The zero-order valence-electron chi connectivity index (χ0n) is 14.4. The summed E-state index contributed by atoms with van der Waals surface area (Å²) in [6, 6.07) is -3.85. The first-order valence-corrected chi connectivity index (χ1v) is 9.24. The molecule has 3 heterocycles. The Morgan fingerprint density at radius 2 is 2.03 bits per heavy atom. The second kappa shape index (κ2) is 7.18. The fourth-order valence-electron chi connectivity index (χ4n) is 3.07. The number of rotatable bonds is 6. The number of nitrogens with one attached hydrogen (secondary N) is 2. The van der Waals surface area contributed by atoms with Gasteiger partial charge in [-0.3, -0.25) is 9.35 Å². The standard InChI is InChI=1S/C12H15N7O9S/c13-8(20)2-14-10(21)18-3-5-7-4-17(12(24)19(7)28-29(25,26)27)6(9(5)16-18)1-15-11(22)23/h3,6-7,15H,1-2,4H2,(H2,13,20)(H,14,21)(H,22,23)(H,25,26,27). The zero-order valence-corrected chi connectivity index (χ0v) is 15.2. The molecule has 1 aromatic heterocycles. The minimum atomic E-state index is -5.04. The van der Waals surface area contributed by atoms with Gasteiger partial charge in [-0.05, 0) is 0 Å². The van der Waals surface area contributed by atoms with E-state index in [0.717, 1.165) is 9.58 Å².